The van der Waals surface area contributed by atoms with Gasteiger partial charge in [-0.15, -0.1) is 0 Å². The molecule has 1 aromatic heterocycles. The van der Waals surface area contributed by atoms with Crippen molar-refractivity contribution in [3.05, 3.63) is 59.9 Å². The van der Waals surface area contributed by atoms with E-state index in [0.717, 1.165) is 48.2 Å². The van der Waals surface area contributed by atoms with Gasteiger partial charge in [-0.3, -0.25) is 4.98 Å². The molecular weight excluding hydrogens is 366 g/mol. The van der Waals surface area contributed by atoms with Gasteiger partial charge in [0.15, 0.2) is 0 Å². The van der Waals surface area contributed by atoms with Crippen LogP contribution >= 0.6 is 0 Å². The Bertz CT molecular complexity index is 924. The van der Waals surface area contributed by atoms with Crippen LogP contribution in [-0.4, -0.2) is 29.3 Å². The first kappa shape index (κ1) is 18.2. The standard InChI is InChI=1S/C23H25N3O3/c27-22(26-19-7-12-28-21(14-19)17-3-1-11-24-15-17)25-18-4-5-20-16(13-18)6-10-23(29-20)8-2-9-23/h1,3-6,10-11,13,15,19,21H,2,7-9,12,14H2,(H2,25,26,27). The molecule has 3 aliphatic rings. The largest absolute Gasteiger partial charge is 0.483 e. The summed E-state index contributed by atoms with van der Waals surface area (Å²) in [5.41, 5.74) is 2.72. The molecule has 1 aliphatic carbocycles. The zero-order chi connectivity index (χ0) is 19.7. The molecular formula is C23H25N3O3. The molecule has 1 saturated carbocycles. The Morgan fingerprint density at radius 2 is 2.17 bits per heavy atom. The molecule has 6 heteroatoms. The minimum Gasteiger partial charge on any atom is -0.483 e. The summed E-state index contributed by atoms with van der Waals surface area (Å²) in [6.45, 7) is 0.618. The van der Waals surface area contributed by atoms with E-state index in [1.165, 1.54) is 6.42 Å². The Morgan fingerprint density at radius 3 is 2.97 bits per heavy atom. The number of fused-ring (bicyclic) bond motifs is 1. The van der Waals surface area contributed by atoms with Crippen molar-refractivity contribution >= 4 is 17.8 Å². The van der Waals surface area contributed by atoms with Gasteiger partial charge in [0.1, 0.15) is 11.4 Å². The molecule has 3 heterocycles. The first-order valence-corrected chi connectivity index (χ1v) is 10.3. The van der Waals surface area contributed by atoms with Crippen molar-refractivity contribution < 1.29 is 14.3 Å². The van der Waals surface area contributed by atoms with Gasteiger partial charge in [-0.1, -0.05) is 12.1 Å². The van der Waals surface area contributed by atoms with Crippen molar-refractivity contribution in [1.82, 2.24) is 10.3 Å². The Kier molecular flexibility index (Phi) is 4.72. The number of rotatable bonds is 3. The van der Waals surface area contributed by atoms with Crippen LogP contribution in [0.15, 0.2) is 48.8 Å². The Balaban J connectivity index is 1.19. The van der Waals surface area contributed by atoms with Gasteiger partial charge in [0, 0.05) is 36.3 Å². The lowest BCUT2D eigenvalue weighted by Gasteiger charge is -2.41. The SMILES string of the molecule is O=C(Nc1ccc2c(c1)C=CC1(CCC1)O2)NC1CCOC(c2cccnc2)C1. The van der Waals surface area contributed by atoms with E-state index in [4.69, 9.17) is 9.47 Å². The van der Waals surface area contributed by atoms with Gasteiger partial charge in [0.2, 0.25) is 0 Å². The van der Waals surface area contributed by atoms with Crippen LogP contribution in [0.5, 0.6) is 5.75 Å². The number of pyridine rings is 1. The molecule has 2 atom stereocenters. The minimum absolute atomic E-state index is 0.0346. The lowest BCUT2D eigenvalue weighted by molar-refractivity contribution is 0.00235. The fraction of sp³-hybridized carbons (Fsp3) is 0.391. The second kappa shape index (κ2) is 7.52. The fourth-order valence-electron chi connectivity index (χ4n) is 4.22. The Morgan fingerprint density at radius 1 is 1.24 bits per heavy atom. The third-order valence-corrected chi connectivity index (χ3v) is 6.02. The van der Waals surface area contributed by atoms with Gasteiger partial charge < -0.3 is 20.1 Å². The molecule has 2 aromatic rings. The molecule has 6 nitrogen and oxygen atoms in total. The van der Waals surface area contributed by atoms with Gasteiger partial charge in [-0.25, -0.2) is 4.79 Å². The highest BCUT2D eigenvalue weighted by Gasteiger charge is 2.39. The molecule has 1 saturated heterocycles. The predicted molar refractivity (Wildman–Crippen MR) is 111 cm³/mol. The van der Waals surface area contributed by atoms with E-state index in [2.05, 4.69) is 27.8 Å². The monoisotopic (exact) mass is 391 g/mol. The van der Waals surface area contributed by atoms with Crippen LogP contribution in [0.25, 0.3) is 6.08 Å². The average Bonchev–Trinajstić information content (AvgIpc) is 2.73. The van der Waals surface area contributed by atoms with Crippen LogP contribution in [0.4, 0.5) is 10.5 Å². The minimum atomic E-state index is -0.196. The van der Waals surface area contributed by atoms with E-state index in [9.17, 15) is 4.79 Å². The van der Waals surface area contributed by atoms with E-state index >= 15 is 0 Å². The first-order valence-electron chi connectivity index (χ1n) is 10.3. The molecule has 2 N–H and O–H groups in total. The maximum Gasteiger partial charge on any atom is 0.319 e. The topological polar surface area (TPSA) is 72.5 Å². The molecule has 2 fully saturated rings. The molecule has 150 valence electrons. The summed E-state index contributed by atoms with van der Waals surface area (Å²) in [6.07, 6.45) is 12.7. The third kappa shape index (κ3) is 3.85. The van der Waals surface area contributed by atoms with Gasteiger partial charge in [-0.05, 0) is 68.0 Å². The second-order valence-corrected chi connectivity index (χ2v) is 8.07. The zero-order valence-corrected chi connectivity index (χ0v) is 16.3. The average molecular weight is 391 g/mol. The summed E-state index contributed by atoms with van der Waals surface area (Å²) in [7, 11) is 0. The second-order valence-electron chi connectivity index (χ2n) is 8.07. The van der Waals surface area contributed by atoms with Gasteiger partial charge >= 0.3 is 6.03 Å². The number of hydrogen-bond acceptors (Lipinski definition) is 4. The smallest absolute Gasteiger partial charge is 0.319 e. The van der Waals surface area contributed by atoms with Gasteiger partial charge in [-0.2, -0.15) is 0 Å². The van der Waals surface area contributed by atoms with Crippen molar-refractivity contribution in [3.8, 4) is 5.75 Å². The molecule has 2 amide bonds. The summed E-state index contributed by atoms with van der Waals surface area (Å²) >= 11 is 0. The number of amides is 2. The highest BCUT2D eigenvalue weighted by molar-refractivity contribution is 5.90. The quantitative estimate of drug-likeness (QED) is 0.811. The first-order chi connectivity index (χ1) is 14.2. The molecule has 2 aliphatic heterocycles. The molecule has 1 aromatic carbocycles. The van der Waals surface area contributed by atoms with Crippen molar-refractivity contribution in [3.63, 3.8) is 0 Å². The van der Waals surface area contributed by atoms with Gasteiger partial charge in [0.05, 0.1) is 6.10 Å². The van der Waals surface area contributed by atoms with E-state index in [1.807, 2.05) is 36.5 Å². The maximum atomic E-state index is 12.5. The fourth-order valence-corrected chi connectivity index (χ4v) is 4.22. The van der Waals surface area contributed by atoms with Gasteiger partial charge in [0.25, 0.3) is 0 Å². The summed E-state index contributed by atoms with van der Waals surface area (Å²) in [5.74, 6) is 0.891. The number of aromatic nitrogens is 1. The van der Waals surface area contributed by atoms with E-state index in [1.54, 1.807) is 6.20 Å². The Labute approximate surface area is 170 Å². The summed E-state index contributed by atoms with van der Waals surface area (Å²) in [5, 5.41) is 6.03. The number of carbonyl (C=O) groups excluding carboxylic acids is 1. The number of ether oxygens (including phenoxy) is 2. The van der Waals surface area contributed by atoms with Crippen LogP contribution in [-0.2, 0) is 4.74 Å². The number of nitrogens with zero attached hydrogens (tertiary/aromatic N) is 1. The van der Waals surface area contributed by atoms with E-state index in [-0.39, 0.29) is 23.8 Å². The molecule has 29 heavy (non-hydrogen) atoms. The number of nitrogens with one attached hydrogen (secondary N) is 2. The zero-order valence-electron chi connectivity index (χ0n) is 16.3. The van der Waals surface area contributed by atoms with Crippen molar-refractivity contribution in [1.29, 1.82) is 0 Å². The highest BCUT2D eigenvalue weighted by atomic mass is 16.5. The van der Waals surface area contributed by atoms with Crippen molar-refractivity contribution in [2.75, 3.05) is 11.9 Å². The number of carbonyl (C=O) groups is 1. The van der Waals surface area contributed by atoms with Crippen LogP contribution < -0.4 is 15.4 Å². The van der Waals surface area contributed by atoms with E-state index in [0.29, 0.717) is 6.61 Å². The lowest BCUT2D eigenvalue weighted by Crippen LogP contribution is -2.42. The van der Waals surface area contributed by atoms with E-state index < -0.39 is 0 Å². The number of urea groups is 1. The third-order valence-electron chi connectivity index (χ3n) is 6.02. The van der Waals surface area contributed by atoms with Crippen LogP contribution in [0.2, 0.25) is 0 Å². The molecule has 2 unspecified atom stereocenters. The van der Waals surface area contributed by atoms with Crippen molar-refractivity contribution in [2.45, 2.75) is 49.9 Å². The van der Waals surface area contributed by atoms with Crippen LogP contribution in [0.1, 0.15) is 49.3 Å². The summed E-state index contributed by atoms with van der Waals surface area (Å²) in [4.78, 5) is 16.7. The van der Waals surface area contributed by atoms with Crippen LogP contribution in [0, 0.1) is 0 Å². The number of anilines is 1. The number of hydrogen-bond donors (Lipinski definition) is 2. The van der Waals surface area contributed by atoms with Crippen LogP contribution in [0.3, 0.4) is 0 Å². The predicted octanol–water partition coefficient (Wildman–Crippen LogP) is 4.45. The normalized spacial score (nSPS) is 24.1. The van der Waals surface area contributed by atoms with Crippen molar-refractivity contribution in [2.24, 2.45) is 0 Å². The lowest BCUT2D eigenvalue weighted by atomic mass is 9.78. The maximum absolute atomic E-state index is 12.5. The number of benzene rings is 1. The highest BCUT2D eigenvalue weighted by Crippen LogP contribution is 2.43. The molecule has 1 spiro atoms. The summed E-state index contributed by atoms with van der Waals surface area (Å²) in [6, 6.07) is 9.58. The summed E-state index contributed by atoms with van der Waals surface area (Å²) < 4.78 is 12.0. The molecule has 5 rings (SSSR count). The molecule has 0 radical (unpaired) electrons. The Hall–Kier alpha value is -2.86. The molecule has 0 bridgehead atoms.